The Bertz CT molecular complexity index is 584. The Kier molecular flexibility index (Phi) is 4.64. The van der Waals surface area contributed by atoms with Crippen molar-refractivity contribution in [1.29, 1.82) is 0 Å². The molecule has 21 heavy (non-hydrogen) atoms. The molecule has 1 aliphatic heterocycles. The minimum Gasteiger partial charge on any atom is -0.438 e. The summed E-state index contributed by atoms with van der Waals surface area (Å²) in [5.74, 6) is -0.227. The lowest BCUT2D eigenvalue weighted by Crippen LogP contribution is -2.43. The van der Waals surface area contributed by atoms with Crippen LogP contribution in [0.2, 0.25) is 0 Å². The molecule has 2 rings (SSSR count). The predicted octanol–water partition coefficient (Wildman–Crippen LogP) is -0.774. The maximum absolute atomic E-state index is 12.0. The maximum Gasteiger partial charge on any atom is 0.288 e. The predicted molar refractivity (Wildman–Crippen MR) is 76.2 cm³/mol. The van der Waals surface area contributed by atoms with Gasteiger partial charge in [-0.2, -0.15) is 4.31 Å². The number of nitrogens with zero attached hydrogens (tertiary/aromatic N) is 3. The molecule has 2 atom stereocenters. The van der Waals surface area contributed by atoms with Gasteiger partial charge in [-0.3, -0.25) is 4.79 Å². The van der Waals surface area contributed by atoms with Crippen molar-refractivity contribution in [3.05, 3.63) is 18.4 Å². The van der Waals surface area contributed by atoms with Gasteiger partial charge >= 0.3 is 0 Å². The van der Waals surface area contributed by atoms with Crippen LogP contribution in [0.15, 0.2) is 17.0 Å². The molecule has 0 spiro atoms. The second-order valence-corrected chi connectivity index (χ2v) is 7.53. The van der Waals surface area contributed by atoms with Gasteiger partial charge in [-0.15, -0.1) is 0 Å². The zero-order valence-corrected chi connectivity index (χ0v) is 13.1. The van der Waals surface area contributed by atoms with Crippen LogP contribution in [-0.2, 0) is 10.0 Å². The highest BCUT2D eigenvalue weighted by atomic mass is 32.2. The number of nitrogens with one attached hydrogen (secondary N) is 1. The topological polar surface area (TPSA) is 95.8 Å². The molecule has 0 unspecified atom stereocenters. The van der Waals surface area contributed by atoms with Gasteiger partial charge in [-0.1, -0.05) is 0 Å². The Balaban J connectivity index is 2.09. The highest BCUT2D eigenvalue weighted by Crippen LogP contribution is 2.20. The molecule has 8 nitrogen and oxygen atoms in total. The molecule has 0 aliphatic carbocycles. The molecule has 1 fully saturated rings. The second-order valence-electron chi connectivity index (χ2n) is 5.55. The molecule has 1 aliphatic rings. The number of carbonyl (C=O) groups excluding carboxylic acids is 1. The van der Waals surface area contributed by atoms with E-state index in [4.69, 9.17) is 4.42 Å². The average Bonchev–Trinajstić information content (AvgIpc) is 2.97. The first-order valence-corrected chi connectivity index (χ1v) is 8.41. The Morgan fingerprint density at radius 2 is 2.24 bits per heavy atom. The summed E-state index contributed by atoms with van der Waals surface area (Å²) in [6.07, 6.45) is 3.70. The van der Waals surface area contributed by atoms with Crippen molar-refractivity contribution >= 4 is 15.9 Å². The van der Waals surface area contributed by atoms with E-state index < -0.39 is 10.0 Å². The number of carbonyl (C=O) groups is 1. The van der Waals surface area contributed by atoms with E-state index in [-0.39, 0.29) is 30.2 Å². The fourth-order valence-electron chi connectivity index (χ4n) is 2.49. The number of hydrogen-bond donors (Lipinski definition) is 1. The Morgan fingerprint density at radius 3 is 2.76 bits per heavy atom. The number of oxazole rings is 1. The summed E-state index contributed by atoms with van der Waals surface area (Å²) in [6.45, 7) is 1.36. The van der Waals surface area contributed by atoms with Crippen LogP contribution in [0.5, 0.6) is 0 Å². The molecule has 1 amide bonds. The third-order valence-electron chi connectivity index (χ3n) is 3.45. The number of sulfonamides is 1. The summed E-state index contributed by atoms with van der Waals surface area (Å²) in [5.41, 5.74) is 0. The van der Waals surface area contributed by atoms with Crippen molar-refractivity contribution in [2.24, 2.45) is 5.92 Å². The Labute approximate surface area is 124 Å². The summed E-state index contributed by atoms with van der Waals surface area (Å²) in [4.78, 5) is 17.7. The van der Waals surface area contributed by atoms with Crippen LogP contribution < -0.4 is 5.32 Å². The quantitative estimate of drug-likeness (QED) is 0.766. The van der Waals surface area contributed by atoms with Gasteiger partial charge in [-0.25, -0.2) is 13.4 Å². The highest BCUT2D eigenvalue weighted by Gasteiger charge is 2.38. The first-order valence-electron chi connectivity index (χ1n) is 6.56. The van der Waals surface area contributed by atoms with Crippen LogP contribution in [-0.4, -0.2) is 74.5 Å². The van der Waals surface area contributed by atoms with Crippen molar-refractivity contribution in [3.8, 4) is 0 Å². The monoisotopic (exact) mass is 316 g/mol. The van der Waals surface area contributed by atoms with Crippen LogP contribution in [0, 0.1) is 5.92 Å². The molecule has 9 heteroatoms. The zero-order valence-electron chi connectivity index (χ0n) is 12.3. The van der Waals surface area contributed by atoms with Gasteiger partial charge in [-0.05, 0) is 14.1 Å². The van der Waals surface area contributed by atoms with E-state index in [1.807, 2.05) is 19.0 Å². The van der Waals surface area contributed by atoms with Crippen LogP contribution in [0.25, 0.3) is 0 Å². The van der Waals surface area contributed by atoms with Crippen molar-refractivity contribution in [2.45, 2.75) is 6.04 Å². The van der Waals surface area contributed by atoms with Crippen LogP contribution >= 0.6 is 0 Å². The second kappa shape index (κ2) is 6.12. The summed E-state index contributed by atoms with van der Waals surface area (Å²) < 4.78 is 29.7. The first-order chi connectivity index (χ1) is 9.77. The SMILES string of the molecule is CN(C)C[C@@H]1CN(S(C)(=O)=O)C[C@H]1NC(=O)c1cnco1. The number of rotatable bonds is 5. The smallest absolute Gasteiger partial charge is 0.288 e. The molecule has 0 aromatic carbocycles. The molecule has 1 aromatic rings. The minimum atomic E-state index is -3.27. The van der Waals surface area contributed by atoms with Crippen molar-refractivity contribution < 1.29 is 17.6 Å². The van der Waals surface area contributed by atoms with E-state index in [1.54, 1.807) is 0 Å². The van der Waals surface area contributed by atoms with E-state index in [1.165, 1.54) is 23.2 Å². The third-order valence-corrected chi connectivity index (χ3v) is 4.68. The van der Waals surface area contributed by atoms with Crippen LogP contribution in [0.4, 0.5) is 0 Å². The van der Waals surface area contributed by atoms with Gasteiger partial charge in [0.05, 0.1) is 12.5 Å². The molecule has 0 saturated carbocycles. The molecule has 118 valence electrons. The lowest BCUT2D eigenvalue weighted by molar-refractivity contribution is 0.0899. The standard InChI is InChI=1S/C12H20N4O4S/c1-15(2)5-9-6-16(21(3,18)19)7-10(9)14-12(17)11-4-13-8-20-11/h4,8-10H,5-7H2,1-3H3,(H,14,17)/t9-,10-/m1/s1. The summed E-state index contributed by atoms with van der Waals surface area (Å²) in [5, 5.41) is 2.83. The van der Waals surface area contributed by atoms with E-state index in [2.05, 4.69) is 10.3 Å². The van der Waals surface area contributed by atoms with E-state index in [9.17, 15) is 13.2 Å². The van der Waals surface area contributed by atoms with E-state index in [0.717, 1.165) is 0 Å². The number of amides is 1. The minimum absolute atomic E-state index is 0.0293. The molecule has 0 bridgehead atoms. The van der Waals surface area contributed by atoms with Crippen LogP contribution in [0.3, 0.4) is 0 Å². The molecular formula is C12H20N4O4S. The molecule has 1 aromatic heterocycles. The average molecular weight is 316 g/mol. The lowest BCUT2D eigenvalue weighted by Gasteiger charge is -2.22. The summed E-state index contributed by atoms with van der Waals surface area (Å²) in [7, 11) is 0.564. The van der Waals surface area contributed by atoms with Gasteiger partial charge in [0.1, 0.15) is 0 Å². The normalized spacial score (nSPS) is 23.6. The Morgan fingerprint density at radius 1 is 1.52 bits per heavy atom. The van der Waals surface area contributed by atoms with Crippen molar-refractivity contribution in [1.82, 2.24) is 19.5 Å². The Hall–Kier alpha value is -1.45. The third kappa shape index (κ3) is 4.02. The van der Waals surface area contributed by atoms with Gasteiger partial charge in [0.25, 0.3) is 5.91 Å². The number of hydrogen-bond acceptors (Lipinski definition) is 6. The molecule has 1 N–H and O–H groups in total. The fraction of sp³-hybridized carbons (Fsp3) is 0.667. The largest absolute Gasteiger partial charge is 0.438 e. The van der Waals surface area contributed by atoms with Crippen molar-refractivity contribution in [3.63, 3.8) is 0 Å². The van der Waals surface area contributed by atoms with Gasteiger partial charge < -0.3 is 14.6 Å². The maximum atomic E-state index is 12.0. The van der Waals surface area contributed by atoms with Gasteiger partial charge in [0.2, 0.25) is 15.8 Å². The van der Waals surface area contributed by atoms with Crippen molar-refractivity contribution in [2.75, 3.05) is 40.0 Å². The van der Waals surface area contributed by atoms with Gasteiger partial charge in [0, 0.05) is 31.6 Å². The first kappa shape index (κ1) is 15.9. The molecule has 1 saturated heterocycles. The lowest BCUT2D eigenvalue weighted by atomic mass is 10.0. The zero-order chi connectivity index (χ0) is 15.6. The van der Waals surface area contributed by atoms with E-state index >= 15 is 0 Å². The van der Waals surface area contributed by atoms with E-state index in [0.29, 0.717) is 13.1 Å². The fourth-order valence-corrected chi connectivity index (χ4v) is 3.38. The summed E-state index contributed by atoms with van der Waals surface area (Å²) >= 11 is 0. The summed E-state index contributed by atoms with van der Waals surface area (Å²) in [6, 6.07) is -0.250. The van der Waals surface area contributed by atoms with Crippen LogP contribution in [0.1, 0.15) is 10.6 Å². The highest BCUT2D eigenvalue weighted by molar-refractivity contribution is 7.88. The molecule has 0 radical (unpaired) electrons. The molecular weight excluding hydrogens is 296 g/mol. The molecule has 2 heterocycles. The van der Waals surface area contributed by atoms with Gasteiger partial charge in [0.15, 0.2) is 6.39 Å². The number of aromatic nitrogens is 1.